The van der Waals surface area contributed by atoms with Gasteiger partial charge in [-0.3, -0.25) is 4.79 Å². The maximum atomic E-state index is 12.4. The van der Waals surface area contributed by atoms with E-state index >= 15 is 0 Å². The number of imidazole rings is 1. The summed E-state index contributed by atoms with van der Waals surface area (Å²) in [5.41, 5.74) is 5.54. The molecule has 0 fully saturated rings. The van der Waals surface area contributed by atoms with Crippen molar-refractivity contribution in [2.75, 3.05) is 13.2 Å². The molecule has 5 nitrogen and oxygen atoms in total. The number of benzene rings is 3. The molecule has 3 aromatic carbocycles. The molecule has 4 rings (SSSR count). The van der Waals surface area contributed by atoms with E-state index in [9.17, 15) is 4.79 Å². The number of hydrogen-bond donors (Lipinski definition) is 1. The molecule has 1 heterocycles. The number of aryl methyl sites for hydroxylation is 3. The predicted molar refractivity (Wildman–Crippen MR) is 133 cm³/mol. The SMILES string of the molecule is Cc1ccc(OCCCn2c(CCNC(=O)Cc3ccccc3C)nc3ccccc32)cc1. The number of fused-ring (bicyclic) bond motifs is 1. The van der Waals surface area contributed by atoms with E-state index in [-0.39, 0.29) is 5.91 Å². The lowest BCUT2D eigenvalue weighted by atomic mass is 10.1. The van der Waals surface area contributed by atoms with Crippen LogP contribution in [0, 0.1) is 13.8 Å². The largest absolute Gasteiger partial charge is 0.494 e. The van der Waals surface area contributed by atoms with Gasteiger partial charge in [0.2, 0.25) is 5.91 Å². The molecule has 0 radical (unpaired) electrons. The van der Waals surface area contributed by atoms with Gasteiger partial charge in [-0.15, -0.1) is 0 Å². The number of carbonyl (C=O) groups excluding carboxylic acids is 1. The number of hydrogen-bond acceptors (Lipinski definition) is 3. The molecule has 0 saturated carbocycles. The summed E-state index contributed by atoms with van der Waals surface area (Å²) in [7, 11) is 0. The van der Waals surface area contributed by atoms with E-state index in [2.05, 4.69) is 35.0 Å². The van der Waals surface area contributed by atoms with Crippen LogP contribution in [-0.4, -0.2) is 28.6 Å². The third-order valence-electron chi connectivity index (χ3n) is 5.83. The molecule has 0 aliphatic carbocycles. The summed E-state index contributed by atoms with van der Waals surface area (Å²) in [5.74, 6) is 1.92. The molecule has 1 amide bonds. The monoisotopic (exact) mass is 441 g/mol. The molecule has 5 heteroatoms. The summed E-state index contributed by atoms with van der Waals surface area (Å²) in [6, 6.07) is 24.3. The number of ether oxygens (including phenoxy) is 1. The number of nitrogens with one attached hydrogen (secondary N) is 1. The molecule has 1 N–H and O–H groups in total. The van der Waals surface area contributed by atoms with E-state index in [1.54, 1.807) is 0 Å². The Morgan fingerprint density at radius 1 is 0.970 bits per heavy atom. The molecular weight excluding hydrogens is 410 g/mol. The van der Waals surface area contributed by atoms with Crippen molar-refractivity contribution in [1.29, 1.82) is 0 Å². The summed E-state index contributed by atoms with van der Waals surface area (Å²) in [6.07, 6.45) is 1.97. The van der Waals surface area contributed by atoms with Gasteiger partial charge in [0.05, 0.1) is 24.1 Å². The van der Waals surface area contributed by atoms with Crippen LogP contribution in [0.2, 0.25) is 0 Å². The topological polar surface area (TPSA) is 56.1 Å². The fraction of sp³-hybridized carbons (Fsp3) is 0.286. The van der Waals surface area contributed by atoms with Crippen molar-refractivity contribution in [2.45, 2.75) is 39.7 Å². The molecule has 0 saturated heterocycles. The lowest BCUT2D eigenvalue weighted by Crippen LogP contribution is -2.28. The second-order valence-corrected chi connectivity index (χ2v) is 8.39. The van der Waals surface area contributed by atoms with Crippen LogP contribution in [0.3, 0.4) is 0 Å². The first-order valence-electron chi connectivity index (χ1n) is 11.5. The third kappa shape index (κ3) is 6.01. The number of aromatic nitrogens is 2. The van der Waals surface area contributed by atoms with Crippen LogP contribution in [0.4, 0.5) is 0 Å². The molecule has 0 unspecified atom stereocenters. The van der Waals surface area contributed by atoms with Crippen molar-refractivity contribution in [3.05, 3.63) is 95.3 Å². The number of carbonyl (C=O) groups is 1. The first-order valence-corrected chi connectivity index (χ1v) is 11.5. The quantitative estimate of drug-likeness (QED) is 0.352. The number of rotatable bonds is 10. The van der Waals surface area contributed by atoms with Crippen molar-refractivity contribution in [1.82, 2.24) is 14.9 Å². The zero-order chi connectivity index (χ0) is 23.0. The minimum atomic E-state index is 0.0402. The maximum absolute atomic E-state index is 12.4. The van der Waals surface area contributed by atoms with E-state index in [1.807, 2.05) is 61.5 Å². The van der Waals surface area contributed by atoms with Crippen molar-refractivity contribution >= 4 is 16.9 Å². The van der Waals surface area contributed by atoms with E-state index in [1.165, 1.54) is 5.56 Å². The normalized spacial score (nSPS) is 11.0. The van der Waals surface area contributed by atoms with E-state index in [4.69, 9.17) is 9.72 Å². The first-order chi connectivity index (χ1) is 16.1. The maximum Gasteiger partial charge on any atom is 0.224 e. The number of para-hydroxylation sites is 2. The Kier molecular flexibility index (Phi) is 7.40. The molecule has 0 atom stereocenters. The Morgan fingerprint density at radius 2 is 1.73 bits per heavy atom. The van der Waals surface area contributed by atoms with Gasteiger partial charge >= 0.3 is 0 Å². The standard InChI is InChI=1S/C28H31N3O2/c1-21-12-14-24(15-13-21)33-19-7-18-31-26-11-6-5-10-25(26)30-27(31)16-17-29-28(32)20-23-9-4-3-8-22(23)2/h3-6,8-15H,7,16-20H2,1-2H3,(H,29,32). The molecule has 0 spiro atoms. The Balaban J connectivity index is 1.34. The van der Waals surface area contributed by atoms with Crippen LogP contribution in [-0.2, 0) is 24.2 Å². The minimum Gasteiger partial charge on any atom is -0.494 e. The fourth-order valence-electron chi connectivity index (χ4n) is 3.97. The van der Waals surface area contributed by atoms with Crippen LogP contribution in [0.5, 0.6) is 5.75 Å². The zero-order valence-electron chi connectivity index (χ0n) is 19.4. The molecule has 33 heavy (non-hydrogen) atoms. The van der Waals surface area contributed by atoms with E-state index in [0.717, 1.165) is 46.7 Å². The first kappa shape index (κ1) is 22.6. The molecule has 170 valence electrons. The molecule has 1 aromatic heterocycles. The summed E-state index contributed by atoms with van der Waals surface area (Å²) >= 11 is 0. The van der Waals surface area contributed by atoms with Gasteiger partial charge in [0.1, 0.15) is 11.6 Å². The van der Waals surface area contributed by atoms with Gasteiger partial charge in [0.15, 0.2) is 0 Å². The smallest absolute Gasteiger partial charge is 0.224 e. The second-order valence-electron chi connectivity index (χ2n) is 8.39. The Morgan fingerprint density at radius 3 is 2.55 bits per heavy atom. The van der Waals surface area contributed by atoms with Crippen molar-refractivity contribution in [3.8, 4) is 5.75 Å². The van der Waals surface area contributed by atoms with Gasteiger partial charge in [0.25, 0.3) is 0 Å². The number of amides is 1. The lowest BCUT2D eigenvalue weighted by Gasteiger charge is -2.11. The average molecular weight is 442 g/mol. The highest BCUT2D eigenvalue weighted by molar-refractivity contribution is 5.79. The Bertz CT molecular complexity index is 1210. The predicted octanol–water partition coefficient (Wildman–Crippen LogP) is 5.02. The third-order valence-corrected chi connectivity index (χ3v) is 5.83. The Labute approximate surface area is 195 Å². The Hall–Kier alpha value is -3.60. The van der Waals surface area contributed by atoms with Crippen molar-refractivity contribution in [3.63, 3.8) is 0 Å². The molecule has 0 bridgehead atoms. The lowest BCUT2D eigenvalue weighted by molar-refractivity contribution is -0.120. The van der Waals surface area contributed by atoms with Crippen LogP contribution >= 0.6 is 0 Å². The molecule has 0 aliphatic rings. The highest BCUT2D eigenvalue weighted by atomic mass is 16.5. The second kappa shape index (κ2) is 10.8. The highest BCUT2D eigenvalue weighted by Gasteiger charge is 2.11. The van der Waals surface area contributed by atoms with Crippen LogP contribution in [0.1, 0.15) is 28.9 Å². The summed E-state index contributed by atoms with van der Waals surface area (Å²) in [5, 5.41) is 3.05. The molecule has 4 aromatic rings. The van der Waals surface area contributed by atoms with Crippen molar-refractivity contribution < 1.29 is 9.53 Å². The highest BCUT2D eigenvalue weighted by Crippen LogP contribution is 2.18. The van der Waals surface area contributed by atoms with Gasteiger partial charge in [-0.2, -0.15) is 0 Å². The fourth-order valence-corrected chi connectivity index (χ4v) is 3.97. The van der Waals surface area contributed by atoms with Gasteiger partial charge in [-0.05, 0) is 55.7 Å². The van der Waals surface area contributed by atoms with Crippen LogP contribution in [0.15, 0.2) is 72.8 Å². The summed E-state index contributed by atoms with van der Waals surface area (Å²) in [4.78, 5) is 17.2. The zero-order valence-corrected chi connectivity index (χ0v) is 19.4. The average Bonchev–Trinajstić information content (AvgIpc) is 3.17. The van der Waals surface area contributed by atoms with Crippen LogP contribution < -0.4 is 10.1 Å². The van der Waals surface area contributed by atoms with E-state index in [0.29, 0.717) is 26.0 Å². The van der Waals surface area contributed by atoms with Gasteiger partial charge in [-0.1, -0.05) is 54.1 Å². The van der Waals surface area contributed by atoms with Gasteiger partial charge in [-0.25, -0.2) is 4.98 Å². The van der Waals surface area contributed by atoms with Gasteiger partial charge in [0, 0.05) is 19.5 Å². The summed E-state index contributed by atoms with van der Waals surface area (Å²) in [6.45, 7) is 6.13. The van der Waals surface area contributed by atoms with Gasteiger partial charge < -0.3 is 14.6 Å². The summed E-state index contributed by atoms with van der Waals surface area (Å²) < 4.78 is 8.15. The minimum absolute atomic E-state index is 0.0402. The molecular formula is C28H31N3O2. The number of nitrogens with zero attached hydrogens (tertiary/aromatic N) is 2. The van der Waals surface area contributed by atoms with Crippen molar-refractivity contribution in [2.24, 2.45) is 0 Å². The van der Waals surface area contributed by atoms with Crippen LogP contribution in [0.25, 0.3) is 11.0 Å². The molecule has 0 aliphatic heterocycles. The van der Waals surface area contributed by atoms with E-state index < -0.39 is 0 Å².